The smallest absolute Gasteiger partial charge is 0.363 e. The van der Waals surface area contributed by atoms with Gasteiger partial charge in [0.05, 0.1) is 5.69 Å². The standard InChI is InChI=1S/C15H24N4O2/c1-12-5-4-8-15(9-12,18(2)3)11-17-13-6-7-14(16-10-13)19(20)21/h6-7,10,12,17H,4-5,8-9,11H2,1-3H3. The topological polar surface area (TPSA) is 71.3 Å². The summed E-state index contributed by atoms with van der Waals surface area (Å²) in [5.74, 6) is 0.618. The first-order chi connectivity index (χ1) is 9.93. The van der Waals surface area contributed by atoms with Crippen LogP contribution in [0.15, 0.2) is 18.3 Å². The van der Waals surface area contributed by atoms with E-state index in [-0.39, 0.29) is 11.4 Å². The molecule has 1 aromatic heterocycles. The van der Waals surface area contributed by atoms with Crippen molar-refractivity contribution < 1.29 is 4.92 Å². The molecule has 2 unspecified atom stereocenters. The third-order valence-electron chi connectivity index (χ3n) is 4.57. The average molecular weight is 292 g/mol. The summed E-state index contributed by atoms with van der Waals surface area (Å²) in [6, 6.07) is 3.16. The Kier molecular flexibility index (Phi) is 4.77. The fourth-order valence-corrected chi connectivity index (χ4v) is 3.22. The number of nitro groups is 1. The number of pyridine rings is 1. The second-order valence-corrected chi connectivity index (χ2v) is 6.34. The van der Waals surface area contributed by atoms with Gasteiger partial charge in [-0.1, -0.05) is 19.8 Å². The lowest BCUT2D eigenvalue weighted by Crippen LogP contribution is -2.52. The first kappa shape index (κ1) is 15.7. The van der Waals surface area contributed by atoms with Crippen LogP contribution >= 0.6 is 0 Å². The highest BCUT2D eigenvalue weighted by Crippen LogP contribution is 2.35. The molecule has 1 aliphatic rings. The van der Waals surface area contributed by atoms with E-state index >= 15 is 0 Å². The predicted molar refractivity (Wildman–Crippen MR) is 83.4 cm³/mol. The molecule has 1 aliphatic carbocycles. The zero-order chi connectivity index (χ0) is 15.5. The Bertz CT molecular complexity index is 489. The van der Waals surface area contributed by atoms with Crippen molar-refractivity contribution in [3.8, 4) is 0 Å². The van der Waals surface area contributed by atoms with Gasteiger partial charge in [-0.25, -0.2) is 0 Å². The Labute approximate surface area is 125 Å². The van der Waals surface area contributed by atoms with Gasteiger partial charge >= 0.3 is 5.82 Å². The van der Waals surface area contributed by atoms with E-state index in [1.165, 1.54) is 37.9 Å². The van der Waals surface area contributed by atoms with Gasteiger partial charge in [0.1, 0.15) is 0 Å². The van der Waals surface area contributed by atoms with Gasteiger partial charge in [-0.15, -0.1) is 0 Å². The second kappa shape index (κ2) is 6.39. The average Bonchev–Trinajstić information content (AvgIpc) is 2.45. The summed E-state index contributed by atoms with van der Waals surface area (Å²) in [6.45, 7) is 3.15. The van der Waals surface area contributed by atoms with Gasteiger partial charge in [-0.05, 0) is 48.8 Å². The Hall–Kier alpha value is -1.69. The number of anilines is 1. The van der Waals surface area contributed by atoms with E-state index in [9.17, 15) is 10.1 Å². The van der Waals surface area contributed by atoms with Crippen LogP contribution in [0.5, 0.6) is 0 Å². The SMILES string of the molecule is CC1CCCC(CNc2ccc([N+](=O)[O-])nc2)(N(C)C)C1. The highest BCUT2D eigenvalue weighted by molar-refractivity contribution is 5.43. The van der Waals surface area contributed by atoms with E-state index in [1.807, 2.05) is 0 Å². The molecule has 0 spiro atoms. The fraction of sp³-hybridized carbons (Fsp3) is 0.667. The molecule has 0 aliphatic heterocycles. The van der Waals surface area contributed by atoms with Gasteiger partial charge in [0.25, 0.3) is 0 Å². The minimum absolute atomic E-state index is 0.117. The molecule has 0 amide bonds. The molecule has 6 nitrogen and oxygen atoms in total. The van der Waals surface area contributed by atoms with Crippen LogP contribution in [-0.4, -0.2) is 41.0 Å². The minimum Gasteiger partial charge on any atom is -0.380 e. The van der Waals surface area contributed by atoms with Crippen molar-refractivity contribution in [3.63, 3.8) is 0 Å². The van der Waals surface area contributed by atoms with Crippen LogP contribution in [0.25, 0.3) is 0 Å². The molecule has 1 saturated carbocycles. The van der Waals surface area contributed by atoms with Crippen molar-refractivity contribution in [2.75, 3.05) is 26.0 Å². The fourth-order valence-electron chi connectivity index (χ4n) is 3.22. The normalized spacial score (nSPS) is 25.8. The summed E-state index contributed by atoms with van der Waals surface area (Å²) in [4.78, 5) is 16.3. The lowest BCUT2D eigenvalue weighted by molar-refractivity contribution is -0.389. The molecule has 0 radical (unpaired) electrons. The molecule has 0 bridgehead atoms. The summed E-state index contributed by atoms with van der Waals surface area (Å²) >= 11 is 0. The summed E-state index contributed by atoms with van der Waals surface area (Å²) in [5, 5.41) is 14.0. The summed E-state index contributed by atoms with van der Waals surface area (Å²) in [7, 11) is 4.27. The summed E-state index contributed by atoms with van der Waals surface area (Å²) < 4.78 is 0. The van der Waals surface area contributed by atoms with Gasteiger partial charge in [0, 0.05) is 18.2 Å². The maximum atomic E-state index is 10.6. The molecule has 116 valence electrons. The summed E-state index contributed by atoms with van der Waals surface area (Å²) in [6.07, 6.45) is 6.44. The van der Waals surface area contributed by atoms with Gasteiger partial charge in [0.15, 0.2) is 6.20 Å². The highest BCUT2D eigenvalue weighted by Gasteiger charge is 2.36. The molecule has 1 heterocycles. The largest absolute Gasteiger partial charge is 0.380 e. The summed E-state index contributed by atoms with van der Waals surface area (Å²) in [5.41, 5.74) is 0.986. The molecule has 6 heteroatoms. The molecular weight excluding hydrogens is 268 g/mol. The zero-order valence-electron chi connectivity index (χ0n) is 13.0. The van der Waals surface area contributed by atoms with E-state index < -0.39 is 4.92 Å². The molecule has 2 atom stereocenters. The van der Waals surface area contributed by atoms with Crippen molar-refractivity contribution in [2.45, 2.75) is 38.1 Å². The Morgan fingerprint density at radius 2 is 2.29 bits per heavy atom. The molecule has 0 saturated heterocycles. The van der Waals surface area contributed by atoms with Crippen LogP contribution in [-0.2, 0) is 0 Å². The monoisotopic (exact) mass is 292 g/mol. The van der Waals surface area contributed by atoms with E-state index in [0.717, 1.165) is 18.2 Å². The van der Waals surface area contributed by atoms with Crippen molar-refractivity contribution in [3.05, 3.63) is 28.4 Å². The lowest BCUT2D eigenvalue weighted by atomic mass is 9.75. The Balaban J connectivity index is 2.03. The first-order valence-electron chi connectivity index (χ1n) is 7.45. The minimum atomic E-state index is -0.478. The molecule has 1 fully saturated rings. The van der Waals surface area contributed by atoms with E-state index in [4.69, 9.17) is 0 Å². The number of hydrogen-bond donors (Lipinski definition) is 1. The maximum absolute atomic E-state index is 10.6. The third-order valence-corrected chi connectivity index (χ3v) is 4.57. The van der Waals surface area contributed by atoms with Crippen LogP contribution < -0.4 is 5.32 Å². The van der Waals surface area contributed by atoms with Crippen LogP contribution in [0.3, 0.4) is 0 Å². The Morgan fingerprint density at radius 3 is 2.81 bits per heavy atom. The second-order valence-electron chi connectivity index (χ2n) is 6.34. The number of likely N-dealkylation sites (N-methyl/N-ethyl adjacent to an activating group) is 1. The molecule has 2 rings (SSSR count). The molecule has 1 aromatic rings. The van der Waals surface area contributed by atoms with Crippen molar-refractivity contribution in [1.29, 1.82) is 0 Å². The molecule has 21 heavy (non-hydrogen) atoms. The van der Waals surface area contributed by atoms with Gasteiger partial charge in [-0.3, -0.25) is 0 Å². The van der Waals surface area contributed by atoms with Crippen LogP contribution in [0.1, 0.15) is 32.6 Å². The zero-order valence-corrected chi connectivity index (χ0v) is 13.0. The van der Waals surface area contributed by atoms with Crippen molar-refractivity contribution >= 4 is 11.5 Å². The van der Waals surface area contributed by atoms with Crippen LogP contribution in [0.4, 0.5) is 11.5 Å². The third kappa shape index (κ3) is 3.69. The van der Waals surface area contributed by atoms with Crippen molar-refractivity contribution in [1.82, 2.24) is 9.88 Å². The number of rotatable bonds is 5. The highest BCUT2D eigenvalue weighted by atomic mass is 16.6. The maximum Gasteiger partial charge on any atom is 0.363 e. The lowest BCUT2D eigenvalue weighted by Gasteiger charge is -2.45. The van der Waals surface area contributed by atoms with Crippen LogP contribution in [0, 0.1) is 16.0 Å². The van der Waals surface area contributed by atoms with E-state index in [0.29, 0.717) is 0 Å². The number of hydrogen-bond acceptors (Lipinski definition) is 5. The van der Waals surface area contributed by atoms with Gasteiger partial charge in [0.2, 0.25) is 0 Å². The van der Waals surface area contributed by atoms with E-state index in [1.54, 1.807) is 6.07 Å². The number of nitrogens with one attached hydrogen (secondary N) is 1. The number of aromatic nitrogens is 1. The number of nitrogens with zero attached hydrogens (tertiary/aromatic N) is 3. The first-order valence-corrected chi connectivity index (χ1v) is 7.45. The van der Waals surface area contributed by atoms with Crippen molar-refractivity contribution in [2.24, 2.45) is 5.92 Å². The van der Waals surface area contributed by atoms with Gasteiger partial charge in [-0.2, -0.15) is 0 Å². The van der Waals surface area contributed by atoms with E-state index in [2.05, 4.69) is 36.2 Å². The predicted octanol–water partition coefficient (Wildman–Crippen LogP) is 2.91. The molecular formula is C15H24N4O2. The van der Waals surface area contributed by atoms with Gasteiger partial charge < -0.3 is 20.3 Å². The Morgan fingerprint density at radius 1 is 1.52 bits per heavy atom. The van der Waals surface area contributed by atoms with Crippen LogP contribution in [0.2, 0.25) is 0 Å². The molecule has 1 N–H and O–H groups in total. The quantitative estimate of drug-likeness (QED) is 0.667. The molecule has 0 aromatic carbocycles.